The quantitative estimate of drug-likeness (QED) is 0.743. The van der Waals surface area contributed by atoms with Gasteiger partial charge in [0.15, 0.2) is 0 Å². The molecule has 1 aliphatic heterocycles. The van der Waals surface area contributed by atoms with Gasteiger partial charge in [-0.25, -0.2) is 9.97 Å². The first kappa shape index (κ1) is 17.0. The van der Waals surface area contributed by atoms with E-state index < -0.39 is 0 Å². The number of amides is 1. The monoisotopic (exact) mass is 366 g/mol. The molecule has 0 bridgehead atoms. The first-order chi connectivity index (χ1) is 12.5. The second-order valence-electron chi connectivity index (χ2n) is 6.86. The van der Waals surface area contributed by atoms with E-state index >= 15 is 0 Å². The van der Waals surface area contributed by atoms with Crippen molar-refractivity contribution < 1.29 is 4.79 Å². The molecule has 0 unspecified atom stereocenters. The van der Waals surface area contributed by atoms with E-state index in [4.69, 9.17) is 0 Å². The molecule has 5 nitrogen and oxygen atoms in total. The predicted octanol–water partition coefficient (Wildman–Crippen LogP) is 4.47. The minimum Gasteiger partial charge on any atom is -0.356 e. The van der Waals surface area contributed by atoms with Gasteiger partial charge < -0.3 is 10.2 Å². The van der Waals surface area contributed by atoms with Crippen molar-refractivity contribution in [1.29, 1.82) is 0 Å². The Morgan fingerprint density at radius 1 is 1.12 bits per heavy atom. The number of nitrogens with zero attached hydrogens (tertiary/aromatic N) is 3. The topological polar surface area (TPSA) is 58.1 Å². The Hall–Kier alpha value is -2.47. The Labute approximate surface area is 157 Å². The maximum Gasteiger partial charge on any atom is 0.257 e. The minimum absolute atomic E-state index is 0.0905. The number of thiophene rings is 1. The summed E-state index contributed by atoms with van der Waals surface area (Å²) in [6.07, 6.45) is 3.94. The number of aromatic nitrogens is 2. The summed E-state index contributed by atoms with van der Waals surface area (Å²) in [5, 5.41) is 3.94. The summed E-state index contributed by atoms with van der Waals surface area (Å²) in [6.45, 7) is 8.07. The third-order valence-electron chi connectivity index (χ3n) is 5.04. The lowest BCUT2D eigenvalue weighted by Crippen LogP contribution is -2.20. The van der Waals surface area contributed by atoms with Crippen LogP contribution < -0.4 is 10.2 Å². The Kier molecular flexibility index (Phi) is 4.36. The van der Waals surface area contributed by atoms with Crippen LogP contribution in [-0.4, -0.2) is 29.0 Å². The molecule has 0 radical (unpaired) electrons. The van der Waals surface area contributed by atoms with E-state index in [0.717, 1.165) is 45.3 Å². The molecule has 1 aliphatic rings. The van der Waals surface area contributed by atoms with Crippen LogP contribution in [-0.2, 0) is 0 Å². The maximum atomic E-state index is 13.1. The highest BCUT2D eigenvalue weighted by Crippen LogP contribution is 2.36. The van der Waals surface area contributed by atoms with Crippen molar-refractivity contribution in [1.82, 2.24) is 9.97 Å². The van der Waals surface area contributed by atoms with Crippen molar-refractivity contribution >= 4 is 39.0 Å². The molecule has 0 spiro atoms. The fourth-order valence-electron chi connectivity index (χ4n) is 3.48. The van der Waals surface area contributed by atoms with Crippen molar-refractivity contribution in [3.63, 3.8) is 0 Å². The summed E-state index contributed by atoms with van der Waals surface area (Å²) in [5.41, 5.74) is 3.89. The molecular weight excluding hydrogens is 344 g/mol. The van der Waals surface area contributed by atoms with Crippen LogP contribution in [0.1, 0.15) is 39.2 Å². The van der Waals surface area contributed by atoms with Crippen molar-refractivity contribution in [2.75, 3.05) is 23.3 Å². The number of benzene rings is 1. The van der Waals surface area contributed by atoms with Crippen LogP contribution in [0, 0.1) is 20.8 Å². The molecule has 3 aromatic rings. The zero-order chi connectivity index (χ0) is 18.3. The van der Waals surface area contributed by atoms with Crippen molar-refractivity contribution in [3.05, 3.63) is 46.1 Å². The van der Waals surface area contributed by atoms with Crippen molar-refractivity contribution in [2.45, 2.75) is 33.6 Å². The van der Waals surface area contributed by atoms with Gasteiger partial charge in [0.2, 0.25) is 0 Å². The number of fused-ring (bicyclic) bond motifs is 1. The van der Waals surface area contributed by atoms with Gasteiger partial charge in [-0.15, -0.1) is 11.3 Å². The first-order valence-electron chi connectivity index (χ1n) is 8.92. The van der Waals surface area contributed by atoms with Gasteiger partial charge in [0, 0.05) is 23.7 Å². The van der Waals surface area contributed by atoms with Crippen LogP contribution >= 0.6 is 11.3 Å². The van der Waals surface area contributed by atoms with Crippen LogP contribution in [0.2, 0.25) is 0 Å². The third kappa shape index (κ3) is 2.94. The summed E-state index contributed by atoms with van der Waals surface area (Å²) < 4.78 is 0. The Bertz CT molecular complexity index is 989. The summed E-state index contributed by atoms with van der Waals surface area (Å²) in [6, 6.07) is 5.99. The van der Waals surface area contributed by atoms with Crippen LogP contribution in [0.3, 0.4) is 0 Å². The number of carbonyl (C=O) groups excluding carboxylic acids is 1. The second-order valence-corrected chi connectivity index (χ2v) is 8.06. The fraction of sp³-hybridized carbons (Fsp3) is 0.350. The lowest BCUT2D eigenvalue weighted by atomic mass is 10.1. The Morgan fingerprint density at radius 2 is 1.88 bits per heavy atom. The van der Waals surface area contributed by atoms with Crippen LogP contribution in [0.4, 0.5) is 11.5 Å². The minimum atomic E-state index is -0.0905. The molecule has 134 valence electrons. The molecule has 1 amide bonds. The molecule has 26 heavy (non-hydrogen) atoms. The number of carbonyl (C=O) groups is 1. The van der Waals surface area contributed by atoms with Gasteiger partial charge in [0.25, 0.3) is 5.91 Å². The zero-order valence-electron chi connectivity index (χ0n) is 15.3. The smallest absolute Gasteiger partial charge is 0.257 e. The van der Waals surface area contributed by atoms with Gasteiger partial charge in [0.05, 0.1) is 10.9 Å². The molecule has 1 aromatic carbocycles. The van der Waals surface area contributed by atoms with E-state index in [1.54, 1.807) is 17.7 Å². The fourth-order valence-corrected chi connectivity index (χ4v) is 4.47. The number of rotatable bonds is 3. The van der Waals surface area contributed by atoms with Gasteiger partial charge >= 0.3 is 0 Å². The lowest BCUT2D eigenvalue weighted by molar-refractivity contribution is 0.102. The molecule has 4 rings (SSSR count). The number of aryl methyl sites for hydroxylation is 3. The number of anilines is 2. The zero-order valence-corrected chi connectivity index (χ0v) is 16.1. The van der Waals surface area contributed by atoms with Crippen molar-refractivity contribution in [3.8, 4) is 0 Å². The third-order valence-corrected chi connectivity index (χ3v) is 6.05. The average Bonchev–Trinajstić information content (AvgIpc) is 3.24. The SMILES string of the molecule is Cc1ccc(NC(=O)c2c(C)sc3ncnc(N4CCCC4)c23)cc1C. The van der Waals surface area contributed by atoms with E-state index in [1.807, 2.05) is 25.1 Å². The lowest BCUT2D eigenvalue weighted by Gasteiger charge is -2.17. The highest BCUT2D eigenvalue weighted by molar-refractivity contribution is 7.19. The van der Waals surface area contributed by atoms with E-state index in [2.05, 4.69) is 34.0 Å². The van der Waals surface area contributed by atoms with E-state index in [9.17, 15) is 4.79 Å². The molecule has 1 saturated heterocycles. The molecule has 6 heteroatoms. The molecular formula is C20H22N4OS. The van der Waals surface area contributed by atoms with E-state index in [1.165, 1.54) is 18.4 Å². The molecule has 2 aromatic heterocycles. The average molecular weight is 366 g/mol. The highest BCUT2D eigenvalue weighted by atomic mass is 32.1. The second kappa shape index (κ2) is 6.68. The summed E-state index contributed by atoms with van der Waals surface area (Å²) in [4.78, 5) is 26.1. The van der Waals surface area contributed by atoms with E-state index in [-0.39, 0.29) is 5.91 Å². The molecule has 3 heterocycles. The van der Waals surface area contributed by atoms with Gasteiger partial charge in [-0.2, -0.15) is 0 Å². The Balaban J connectivity index is 1.76. The summed E-state index contributed by atoms with van der Waals surface area (Å²) in [7, 11) is 0. The van der Waals surface area contributed by atoms with E-state index in [0.29, 0.717) is 5.56 Å². The van der Waals surface area contributed by atoms with Crippen LogP contribution in [0.15, 0.2) is 24.5 Å². The Morgan fingerprint density at radius 3 is 2.62 bits per heavy atom. The normalized spacial score (nSPS) is 14.2. The van der Waals surface area contributed by atoms with Crippen molar-refractivity contribution in [2.24, 2.45) is 0 Å². The number of nitrogens with one attached hydrogen (secondary N) is 1. The summed E-state index contributed by atoms with van der Waals surface area (Å²) >= 11 is 1.56. The first-order valence-corrected chi connectivity index (χ1v) is 9.74. The summed E-state index contributed by atoms with van der Waals surface area (Å²) in [5.74, 6) is 0.800. The molecule has 0 atom stereocenters. The molecule has 0 saturated carbocycles. The van der Waals surface area contributed by atoms with Crippen LogP contribution in [0.5, 0.6) is 0 Å². The standard InChI is InChI=1S/C20H22N4OS/c1-12-6-7-15(10-13(12)2)23-19(25)16-14(3)26-20-17(16)18(21-11-22-20)24-8-4-5-9-24/h6-7,10-11H,4-5,8-9H2,1-3H3,(H,23,25). The van der Waals surface area contributed by atoms with Gasteiger partial charge in [-0.3, -0.25) is 4.79 Å². The van der Waals surface area contributed by atoms with Crippen LogP contribution in [0.25, 0.3) is 10.2 Å². The largest absolute Gasteiger partial charge is 0.356 e. The predicted molar refractivity (Wildman–Crippen MR) is 107 cm³/mol. The number of hydrogen-bond acceptors (Lipinski definition) is 5. The highest BCUT2D eigenvalue weighted by Gasteiger charge is 2.25. The molecule has 1 N–H and O–H groups in total. The molecule has 1 fully saturated rings. The number of hydrogen-bond donors (Lipinski definition) is 1. The maximum absolute atomic E-state index is 13.1. The van der Waals surface area contributed by atoms with Gasteiger partial charge in [0.1, 0.15) is 17.0 Å². The van der Waals surface area contributed by atoms with Gasteiger partial charge in [-0.05, 0) is 56.9 Å². The van der Waals surface area contributed by atoms with Gasteiger partial charge in [-0.1, -0.05) is 6.07 Å². The molecule has 0 aliphatic carbocycles.